The van der Waals surface area contributed by atoms with Crippen LogP contribution in [0.2, 0.25) is 0 Å². The van der Waals surface area contributed by atoms with Crippen LogP contribution in [0, 0.1) is 0 Å². The Hall–Kier alpha value is -1.14. The molecule has 2 aliphatic rings. The van der Waals surface area contributed by atoms with Crippen LogP contribution >= 0.6 is 0 Å². The van der Waals surface area contributed by atoms with Gasteiger partial charge in [-0.15, -0.1) is 0 Å². The fourth-order valence-electron chi connectivity index (χ4n) is 3.03. The standard InChI is InChI=1S/C14H26N4O2/c1-15-14(20)12-4-2-3-8-17(12)9-5-13(19)18-10-6-16-7-11-18/h12,16H,2-11H2,1H3,(H,15,20). The lowest BCUT2D eigenvalue weighted by Gasteiger charge is -2.35. The predicted octanol–water partition coefficient (Wildman–Crippen LogP) is -0.591. The molecule has 6 nitrogen and oxygen atoms in total. The van der Waals surface area contributed by atoms with Crippen molar-refractivity contribution in [2.45, 2.75) is 31.7 Å². The number of carbonyl (C=O) groups excluding carboxylic acids is 2. The number of hydrogen-bond acceptors (Lipinski definition) is 4. The van der Waals surface area contributed by atoms with Crippen LogP contribution in [0.25, 0.3) is 0 Å². The number of nitrogens with one attached hydrogen (secondary N) is 2. The van der Waals surface area contributed by atoms with Gasteiger partial charge in [0.1, 0.15) is 0 Å². The molecule has 2 N–H and O–H groups in total. The van der Waals surface area contributed by atoms with Crippen LogP contribution in [0.1, 0.15) is 25.7 Å². The molecule has 2 amide bonds. The van der Waals surface area contributed by atoms with E-state index in [2.05, 4.69) is 15.5 Å². The van der Waals surface area contributed by atoms with Crippen molar-refractivity contribution >= 4 is 11.8 Å². The third-order valence-electron chi connectivity index (χ3n) is 4.25. The van der Waals surface area contributed by atoms with Gasteiger partial charge in [-0.2, -0.15) is 0 Å². The van der Waals surface area contributed by atoms with E-state index in [4.69, 9.17) is 0 Å². The molecule has 114 valence electrons. The highest BCUT2D eigenvalue weighted by Crippen LogP contribution is 2.17. The summed E-state index contributed by atoms with van der Waals surface area (Å²) in [5.41, 5.74) is 0. The first-order valence-electron chi connectivity index (χ1n) is 7.66. The molecule has 0 aromatic rings. The summed E-state index contributed by atoms with van der Waals surface area (Å²) in [5.74, 6) is 0.298. The maximum atomic E-state index is 12.2. The van der Waals surface area contributed by atoms with E-state index in [9.17, 15) is 9.59 Å². The normalized spacial score (nSPS) is 24.4. The van der Waals surface area contributed by atoms with Gasteiger partial charge in [0.15, 0.2) is 0 Å². The van der Waals surface area contributed by atoms with E-state index >= 15 is 0 Å². The van der Waals surface area contributed by atoms with Crippen molar-refractivity contribution in [3.8, 4) is 0 Å². The van der Waals surface area contributed by atoms with E-state index in [1.807, 2.05) is 4.90 Å². The van der Waals surface area contributed by atoms with Crippen LogP contribution in [0.4, 0.5) is 0 Å². The first-order chi connectivity index (χ1) is 9.72. The maximum Gasteiger partial charge on any atom is 0.237 e. The summed E-state index contributed by atoms with van der Waals surface area (Å²) in [6.45, 7) is 5.00. The van der Waals surface area contributed by atoms with Crippen LogP contribution < -0.4 is 10.6 Å². The van der Waals surface area contributed by atoms with Gasteiger partial charge in [-0.05, 0) is 19.4 Å². The van der Waals surface area contributed by atoms with Gasteiger partial charge in [-0.25, -0.2) is 0 Å². The largest absolute Gasteiger partial charge is 0.358 e. The van der Waals surface area contributed by atoms with Gasteiger partial charge < -0.3 is 15.5 Å². The molecule has 6 heteroatoms. The summed E-state index contributed by atoms with van der Waals surface area (Å²) in [6, 6.07) is -0.0513. The number of hydrogen-bond donors (Lipinski definition) is 2. The van der Waals surface area contributed by atoms with Gasteiger partial charge in [0, 0.05) is 46.2 Å². The van der Waals surface area contributed by atoms with Gasteiger partial charge in [0.25, 0.3) is 0 Å². The first-order valence-corrected chi connectivity index (χ1v) is 7.66. The van der Waals surface area contributed by atoms with Crippen LogP contribution in [0.3, 0.4) is 0 Å². The third-order valence-corrected chi connectivity index (χ3v) is 4.25. The van der Waals surface area contributed by atoms with E-state index < -0.39 is 0 Å². The summed E-state index contributed by atoms with van der Waals surface area (Å²) in [5, 5.41) is 5.98. The number of piperazine rings is 1. The lowest BCUT2D eigenvalue weighted by molar-refractivity contribution is -0.134. The zero-order valence-electron chi connectivity index (χ0n) is 12.4. The number of piperidine rings is 1. The minimum atomic E-state index is -0.0513. The molecule has 0 spiro atoms. The van der Waals surface area contributed by atoms with Crippen LogP contribution in [-0.2, 0) is 9.59 Å². The minimum Gasteiger partial charge on any atom is -0.358 e. The van der Waals surface area contributed by atoms with E-state index in [0.717, 1.165) is 52.0 Å². The van der Waals surface area contributed by atoms with Gasteiger partial charge in [-0.3, -0.25) is 14.5 Å². The molecule has 0 radical (unpaired) electrons. The quantitative estimate of drug-likeness (QED) is 0.723. The fourth-order valence-corrected chi connectivity index (χ4v) is 3.03. The van der Waals surface area contributed by atoms with E-state index in [1.165, 1.54) is 0 Å². The highest BCUT2D eigenvalue weighted by Gasteiger charge is 2.28. The summed E-state index contributed by atoms with van der Waals surface area (Å²) >= 11 is 0. The molecule has 0 aromatic heterocycles. The van der Waals surface area contributed by atoms with Crippen LogP contribution in [0.15, 0.2) is 0 Å². The average Bonchev–Trinajstić information content (AvgIpc) is 2.53. The molecule has 2 fully saturated rings. The third kappa shape index (κ3) is 3.93. The number of carbonyl (C=O) groups is 2. The summed E-state index contributed by atoms with van der Waals surface area (Å²) < 4.78 is 0. The second-order valence-corrected chi connectivity index (χ2v) is 5.54. The van der Waals surface area contributed by atoms with Gasteiger partial charge in [0.2, 0.25) is 11.8 Å². The smallest absolute Gasteiger partial charge is 0.237 e. The Morgan fingerprint density at radius 3 is 2.65 bits per heavy atom. The lowest BCUT2D eigenvalue weighted by Crippen LogP contribution is -2.50. The number of nitrogens with zero attached hydrogens (tertiary/aromatic N) is 2. The molecule has 2 rings (SSSR count). The second-order valence-electron chi connectivity index (χ2n) is 5.54. The molecule has 1 atom stereocenters. The predicted molar refractivity (Wildman–Crippen MR) is 77.3 cm³/mol. The van der Waals surface area contributed by atoms with E-state index in [0.29, 0.717) is 13.0 Å². The van der Waals surface area contributed by atoms with Crippen LogP contribution in [0.5, 0.6) is 0 Å². The molecule has 1 unspecified atom stereocenters. The lowest BCUT2D eigenvalue weighted by atomic mass is 10.0. The highest BCUT2D eigenvalue weighted by atomic mass is 16.2. The molecule has 0 aliphatic carbocycles. The van der Waals surface area contributed by atoms with Crippen molar-refractivity contribution in [3.63, 3.8) is 0 Å². The molecule has 0 bridgehead atoms. The zero-order chi connectivity index (χ0) is 14.4. The van der Waals surface area contributed by atoms with Crippen LogP contribution in [-0.4, -0.2) is 74.0 Å². The van der Waals surface area contributed by atoms with Gasteiger partial charge in [-0.1, -0.05) is 6.42 Å². The topological polar surface area (TPSA) is 64.7 Å². The molecular weight excluding hydrogens is 256 g/mol. The number of likely N-dealkylation sites (N-methyl/N-ethyl adjacent to an activating group) is 1. The van der Waals surface area contributed by atoms with Gasteiger partial charge >= 0.3 is 0 Å². The molecule has 0 aromatic carbocycles. The summed E-state index contributed by atoms with van der Waals surface area (Å²) in [7, 11) is 1.68. The van der Waals surface area contributed by atoms with Crippen molar-refractivity contribution < 1.29 is 9.59 Å². The van der Waals surface area contributed by atoms with Crippen molar-refractivity contribution in [2.24, 2.45) is 0 Å². The van der Waals surface area contributed by atoms with E-state index in [-0.39, 0.29) is 17.9 Å². The summed E-state index contributed by atoms with van der Waals surface area (Å²) in [4.78, 5) is 28.1. The Kier molecular flexibility index (Phi) is 5.79. The van der Waals surface area contributed by atoms with E-state index in [1.54, 1.807) is 7.05 Å². The molecule has 20 heavy (non-hydrogen) atoms. The molecule has 0 saturated carbocycles. The molecular formula is C14H26N4O2. The van der Waals surface area contributed by atoms with Crippen molar-refractivity contribution in [1.82, 2.24) is 20.4 Å². The fraction of sp³-hybridized carbons (Fsp3) is 0.857. The molecule has 2 heterocycles. The summed E-state index contributed by atoms with van der Waals surface area (Å²) in [6.07, 6.45) is 3.64. The maximum absolute atomic E-state index is 12.2. The monoisotopic (exact) mass is 282 g/mol. The Morgan fingerprint density at radius 1 is 1.20 bits per heavy atom. The molecule has 2 saturated heterocycles. The number of amides is 2. The highest BCUT2D eigenvalue weighted by molar-refractivity contribution is 5.81. The Labute approximate surface area is 120 Å². The van der Waals surface area contributed by atoms with Crippen molar-refractivity contribution in [3.05, 3.63) is 0 Å². The second kappa shape index (κ2) is 7.59. The Bertz CT molecular complexity index is 342. The zero-order valence-corrected chi connectivity index (χ0v) is 12.4. The number of rotatable bonds is 4. The van der Waals surface area contributed by atoms with Crippen molar-refractivity contribution in [2.75, 3.05) is 46.3 Å². The number of likely N-dealkylation sites (tertiary alicyclic amines) is 1. The Morgan fingerprint density at radius 2 is 1.95 bits per heavy atom. The van der Waals surface area contributed by atoms with Gasteiger partial charge in [0.05, 0.1) is 6.04 Å². The minimum absolute atomic E-state index is 0.0513. The Balaban J connectivity index is 1.81. The average molecular weight is 282 g/mol. The SMILES string of the molecule is CNC(=O)C1CCCCN1CCC(=O)N1CCNCC1. The van der Waals surface area contributed by atoms with Crippen molar-refractivity contribution in [1.29, 1.82) is 0 Å². The first kappa shape index (κ1) is 15.3. The molecule has 2 aliphatic heterocycles.